The Morgan fingerprint density at radius 3 is 2.27 bits per heavy atom. The van der Waals surface area contributed by atoms with Gasteiger partial charge in [-0.25, -0.2) is 4.39 Å². The smallest absolute Gasteiger partial charge is 0.255 e. The lowest BCUT2D eigenvalue weighted by Crippen LogP contribution is -2.15. The van der Waals surface area contributed by atoms with Crippen LogP contribution in [0.15, 0.2) is 36.4 Å². The SMILES string of the molecule is CC(=O)Nc1ccc(F)cc1NC(=O)c1ccc(C)c(C)c1. The summed E-state index contributed by atoms with van der Waals surface area (Å²) in [6.07, 6.45) is 0. The van der Waals surface area contributed by atoms with Gasteiger partial charge in [0, 0.05) is 12.5 Å². The van der Waals surface area contributed by atoms with E-state index in [2.05, 4.69) is 10.6 Å². The van der Waals surface area contributed by atoms with Gasteiger partial charge in [0.05, 0.1) is 11.4 Å². The largest absolute Gasteiger partial charge is 0.325 e. The van der Waals surface area contributed by atoms with Gasteiger partial charge in [-0.3, -0.25) is 9.59 Å². The molecule has 0 aliphatic heterocycles. The zero-order valence-corrected chi connectivity index (χ0v) is 12.7. The van der Waals surface area contributed by atoms with Gasteiger partial charge < -0.3 is 10.6 Å². The van der Waals surface area contributed by atoms with Crippen molar-refractivity contribution in [1.82, 2.24) is 0 Å². The van der Waals surface area contributed by atoms with E-state index < -0.39 is 5.82 Å². The Kier molecular flexibility index (Phi) is 4.56. The number of aryl methyl sites for hydroxylation is 2. The molecule has 0 unspecified atom stereocenters. The van der Waals surface area contributed by atoms with Gasteiger partial charge in [0.1, 0.15) is 5.82 Å². The van der Waals surface area contributed by atoms with E-state index in [0.29, 0.717) is 11.3 Å². The first-order valence-corrected chi connectivity index (χ1v) is 6.82. The summed E-state index contributed by atoms with van der Waals surface area (Å²) in [5, 5.41) is 5.18. The van der Waals surface area contributed by atoms with E-state index in [1.165, 1.54) is 25.1 Å². The Balaban J connectivity index is 2.29. The number of carbonyl (C=O) groups excluding carboxylic acids is 2. The van der Waals surface area contributed by atoms with Crippen LogP contribution in [0.1, 0.15) is 28.4 Å². The molecule has 22 heavy (non-hydrogen) atoms. The highest BCUT2D eigenvalue weighted by Gasteiger charge is 2.11. The molecule has 0 heterocycles. The molecule has 0 saturated heterocycles. The summed E-state index contributed by atoms with van der Waals surface area (Å²) in [5.74, 6) is -1.15. The second-order valence-corrected chi connectivity index (χ2v) is 5.12. The van der Waals surface area contributed by atoms with Gasteiger partial charge >= 0.3 is 0 Å². The van der Waals surface area contributed by atoms with Crippen molar-refractivity contribution in [3.8, 4) is 0 Å². The molecular weight excluding hydrogens is 283 g/mol. The first-order valence-electron chi connectivity index (χ1n) is 6.82. The van der Waals surface area contributed by atoms with Gasteiger partial charge in [-0.2, -0.15) is 0 Å². The Bertz CT molecular complexity index is 741. The summed E-state index contributed by atoms with van der Waals surface area (Å²) >= 11 is 0. The summed E-state index contributed by atoms with van der Waals surface area (Å²) in [5.41, 5.74) is 3.13. The fourth-order valence-electron chi connectivity index (χ4n) is 2.00. The molecule has 2 aromatic carbocycles. The summed E-state index contributed by atoms with van der Waals surface area (Å²) in [6.45, 7) is 5.22. The quantitative estimate of drug-likeness (QED) is 0.909. The van der Waals surface area contributed by atoms with Crippen LogP contribution in [0.3, 0.4) is 0 Å². The first-order chi connectivity index (χ1) is 10.4. The molecule has 5 heteroatoms. The zero-order chi connectivity index (χ0) is 16.3. The van der Waals surface area contributed by atoms with Gasteiger partial charge in [-0.15, -0.1) is 0 Å². The predicted octanol–water partition coefficient (Wildman–Crippen LogP) is 3.65. The van der Waals surface area contributed by atoms with Crippen LogP contribution in [0.2, 0.25) is 0 Å². The van der Waals surface area contributed by atoms with E-state index in [4.69, 9.17) is 0 Å². The van der Waals surface area contributed by atoms with Crippen molar-refractivity contribution in [3.63, 3.8) is 0 Å². The number of benzene rings is 2. The standard InChI is InChI=1S/C17H17FN2O2/c1-10-4-5-13(8-11(10)2)17(22)20-16-9-14(18)6-7-15(16)19-12(3)21/h4-9H,1-3H3,(H,19,21)(H,20,22). The van der Waals surface area contributed by atoms with E-state index in [1.807, 2.05) is 19.9 Å². The fraction of sp³-hybridized carbons (Fsp3) is 0.176. The lowest BCUT2D eigenvalue weighted by atomic mass is 10.1. The molecule has 0 bridgehead atoms. The number of nitrogens with one attached hydrogen (secondary N) is 2. The van der Waals surface area contributed by atoms with Crippen molar-refractivity contribution in [1.29, 1.82) is 0 Å². The number of hydrogen-bond donors (Lipinski definition) is 2. The molecule has 0 saturated carbocycles. The number of hydrogen-bond acceptors (Lipinski definition) is 2. The molecule has 0 fully saturated rings. The zero-order valence-electron chi connectivity index (χ0n) is 12.7. The maximum Gasteiger partial charge on any atom is 0.255 e. The Labute approximate surface area is 128 Å². The molecule has 2 N–H and O–H groups in total. The topological polar surface area (TPSA) is 58.2 Å². The summed E-state index contributed by atoms with van der Waals surface area (Å²) in [7, 11) is 0. The van der Waals surface area contributed by atoms with Crippen LogP contribution in [0.5, 0.6) is 0 Å². The maximum atomic E-state index is 13.4. The van der Waals surface area contributed by atoms with Crippen LogP contribution in [-0.2, 0) is 4.79 Å². The minimum absolute atomic E-state index is 0.221. The molecule has 0 spiro atoms. The molecule has 0 aliphatic carbocycles. The van der Waals surface area contributed by atoms with E-state index in [1.54, 1.807) is 12.1 Å². The Morgan fingerprint density at radius 2 is 1.64 bits per heavy atom. The Morgan fingerprint density at radius 1 is 0.909 bits per heavy atom. The molecule has 114 valence electrons. The van der Waals surface area contributed by atoms with Crippen LogP contribution in [0.25, 0.3) is 0 Å². The normalized spacial score (nSPS) is 10.2. The monoisotopic (exact) mass is 300 g/mol. The molecule has 2 rings (SSSR count). The van der Waals surface area contributed by atoms with Gasteiger partial charge in [-0.05, 0) is 55.3 Å². The first kappa shape index (κ1) is 15.7. The maximum absolute atomic E-state index is 13.4. The van der Waals surface area contributed by atoms with Gasteiger partial charge in [0.15, 0.2) is 0 Å². The van der Waals surface area contributed by atoms with E-state index in [-0.39, 0.29) is 17.5 Å². The van der Waals surface area contributed by atoms with Crippen LogP contribution in [0, 0.1) is 19.7 Å². The molecule has 2 amide bonds. The third-order valence-corrected chi connectivity index (χ3v) is 3.31. The minimum atomic E-state index is -0.496. The number of rotatable bonds is 3. The summed E-state index contributed by atoms with van der Waals surface area (Å²) in [6, 6.07) is 9.12. The van der Waals surface area contributed by atoms with Crippen molar-refractivity contribution < 1.29 is 14.0 Å². The number of amides is 2. The number of anilines is 2. The van der Waals surface area contributed by atoms with E-state index in [9.17, 15) is 14.0 Å². The molecule has 0 radical (unpaired) electrons. The average molecular weight is 300 g/mol. The van der Waals surface area contributed by atoms with Gasteiger partial charge in [0.25, 0.3) is 5.91 Å². The molecule has 0 aliphatic rings. The lowest BCUT2D eigenvalue weighted by Gasteiger charge is -2.12. The summed E-state index contributed by atoms with van der Waals surface area (Å²) in [4.78, 5) is 23.5. The minimum Gasteiger partial charge on any atom is -0.325 e. The highest BCUT2D eigenvalue weighted by atomic mass is 19.1. The van der Waals surface area contributed by atoms with Crippen LogP contribution >= 0.6 is 0 Å². The van der Waals surface area contributed by atoms with Crippen molar-refractivity contribution >= 4 is 23.2 Å². The molecule has 2 aromatic rings. The molecule has 0 atom stereocenters. The third-order valence-electron chi connectivity index (χ3n) is 3.31. The van der Waals surface area contributed by atoms with E-state index in [0.717, 1.165) is 11.1 Å². The van der Waals surface area contributed by atoms with Crippen molar-refractivity contribution in [3.05, 3.63) is 58.9 Å². The number of carbonyl (C=O) groups is 2. The van der Waals surface area contributed by atoms with Crippen molar-refractivity contribution in [2.75, 3.05) is 10.6 Å². The van der Waals surface area contributed by atoms with Crippen molar-refractivity contribution in [2.24, 2.45) is 0 Å². The van der Waals surface area contributed by atoms with Crippen molar-refractivity contribution in [2.45, 2.75) is 20.8 Å². The third kappa shape index (κ3) is 3.69. The van der Waals surface area contributed by atoms with Gasteiger partial charge in [0.2, 0.25) is 5.91 Å². The average Bonchev–Trinajstić information content (AvgIpc) is 2.44. The Hall–Kier alpha value is -2.69. The summed E-state index contributed by atoms with van der Waals surface area (Å²) < 4.78 is 13.4. The highest BCUT2D eigenvalue weighted by Crippen LogP contribution is 2.23. The lowest BCUT2D eigenvalue weighted by molar-refractivity contribution is -0.114. The molecule has 4 nitrogen and oxygen atoms in total. The van der Waals surface area contributed by atoms with E-state index >= 15 is 0 Å². The molecular formula is C17H17FN2O2. The van der Waals surface area contributed by atoms with Crippen LogP contribution < -0.4 is 10.6 Å². The highest BCUT2D eigenvalue weighted by molar-refractivity contribution is 6.07. The molecule has 0 aromatic heterocycles. The fourth-order valence-corrected chi connectivity index (χ4v) is 2.00. The van der Waals surface area contributed by atoms with Gasteiger partial charge in [-0.1, -0.05) is 6.07 Å². The number of halogens is 1. The second-order valence-electron chi connectivity index (χ2n) is 5.12. The van der Waals surface area contributed by atoms with Crippen LogP contribution in [0.4, 0.5) is 15.8 Å². The van der Waals surface area contributed by atoms with Crippen LogP contribution in [-0.4, -0.2) is 11.8 Å². The predicted molar refractivity (Wildman–Crippen MR) is 84.6 cm³/mol. The second kappa shape index (κ2) is 6.39.